The van der Waals surface area contributed by atoms with Gasteiger partial charge in [0, 0.05) is 10.0 Å². The van der Waals surface area contributed by atoms with Gasteiger partial charge in [0.15, 0.2) is 0 Å². The van der Waals surface area contributed by atoms with Gasteiger partial charge >= 0.3 is 6.03 Å². The lowest BCUT2D eigenvalue weighted by Gasteiger charge is -2.10. The van der Waals surface area contributed by atoms with Crippen LogP contribution in [0.5, 0.6) is 5.75 Å². The van der Waals surface area contributed by atoms with Crippen LogP contribution in [0.2, 0.25) is 15.1 Å². The maximum atomic E-state index is 11.7. The SMILES string of the molecule is O=C(NCCOc1ccc(Cl)cc1)Nc1cc(Cl)ccc1Cl. The molecule has 2 amide bonds. The highest BCUT2D eigenvalue weighted by molar-refractivity contribution is 6.35. The lowest BCUT2D eigenvalue weighted by atomic mass is 10.3. The molecule has 0 bridgehead atoms. The van der Waals surface area contributed by atoms with Crippen molar-refractivity contribution in [2.75, 3.05) is 18.5 Å². The molecule has 0 aromatic heterocycles. The molecule has 0 atom stereocenters. The standard InChI is InChI=1S/C15H13Cl3N2O2/c16-10-1-4-12(5-2-10)22-8-7-19-15(21)20-14-9-11(17)3-6-13(14)18/h1-6,9H,7-8H2,(H2,19,20,21). The first kappa shape index (κ1) is 16.7. The lowest BCUT2D eigenvalue weighted by molar-refractivity contribution is 0.247. The Balaban J connectivity index is 1.74. The van der Waals surface area contributed by atoms with E-state index in [-0.39, 0.29) is 6.03 Å². The number of hydrogen-bond donors (Lipinski definition) is 2. The number of nitrogens with one attached hydrogen (secondary N) is 2. The summed E-state index contributed by atoms with van der Waals surface area (Å²) in [5.41, 5.74) is 0.449. The summed E-state index contributed by atoms with van der Waals surface area (Å²) in [5, 5.41) is 6.82. The predicted molar refractivity (Wildman–Crippen MR) is 90.4 cm³/mol. The second-order valence-electron chi connectivity index (χ2n) is 4.31. The molecule has 0 fully saturated rings. The quantitative estimate of drug-likeness (QED) is 0.750. The average Bonchev–Trinajstić information content (AvgIpc) is 2.49. The number of anilines is 1. The van der Waals surface area contributed by atoms with Gasteiger partial charge < -0.3 is 15.4 Å². The summed E-state index contributed by atoms with van der Waals surface area (Å²) in [4.78, 5) is 11.7. The van der Waals surface area contributed by atoms with Crippen molar-refractivity contribution in [1.29, 1.82) is 0 Å². The average molecular weight is 360 g/mol. The largest absolute Gasteiger partial charge is 0.492 e. The summed E-state index contributed by atoms with van der Waals surface area (Å²) < 4.78 is 5.46. The molecule has 0 spiro atoms. The molecule has 0 radical (unpaired) electrons. The van der Waals surface area contributed by atoms with Gasteiger partial charge in [-0.05, 0) is 42.5 Å². The second-order valence-corrected chi connectivity index (χ2v) is 5.59. The Labute approximate surface area is 143 Å². The van der Waals surface area contributed by atoms with Crippen molar-refractivity contribution in [3.8, 4) is 5.75 Å². The number of halogens is 3. The zero-order chi connectivity index (χ0) is 15.9. The summed E-state index contributed by atoms with van der Waals surface area (Å²) >= 11 is 17.6. The van der Waals surface area contributed by atoms with Crippen molar-refractivity contribution in [1.82, 2.24) is 5.32 Å². The van der Waals surface area contributed by atoms with Crippen LogP contribution in [0.25, 0.3) is 0 Å². The summed E-state index contributed by atoms with van der Waals surface area (Å²) in [7, 11) is 0. The van der Waals surface area contributed by atoms with Gasteiger partial charge in [0.05, 0.1) is 17.3 Å². The van der Waals surface area contributed by atoms with E-state index in [0.29, 0.717) is 39.7 Å². The molecule has 22 heavy (non-hydrogen) atoms. The Hall–Kier alpha value is -1.62. The number of hydrogen-bond acceptors (Lipinski definition) is 2. The number of carbonyl (C=O) groups is 1. The molecule has 2 rings (SSSR count). The number of urea groups is 1. The smallest absolute Gasteiger partial charge is 0.319 e. The van der Waals surface area contributed by atoms with Gasteiger partial charge in [0.25, 0.3) is 0 Å². The zero-order valence-corrected chi connectivity index (χ0v) is 13.7. The third-order valence-electron chi connectivity index (χ3n) is 2.65. The number of ether oxygens (including phenoxy) is 1. The van der Waals surface area contributed by atoms with Gasteiger partial charge in [-0.3, -0.25) is 0 Å². The zero-order valence-electron chi connectivity index (χ0n) is 11.4. The van der Waals surface area contributed by atoms with Crippen LogP contribution in [-0.4, -0.2) is 19.2 Å². The second kappa shape index (κ2) is 8.13. The first-order valence-electron chi connectivity index (χ1n) is 6.43. The van der Waals surface area contributed by atoms with Gasteiger partial charge in [0.2, 0.25) is 0 Å². The summed E-state index contributed by atoms with van der Waals surface area (Å²) in [5.74, 6) is 0.685. The fourth-order valence-electron chi connectivity index (χ4n) is 1.62. The summed E-state index contributed by atoms with van der Waals surface area (Å²) in [6.45, 7) is 0.672. The first-order chi connectivity index (χ1) is 10.5. The molecule has 116 valence electrons. The van der Waals surface area contributed by atoms with Gasteiger partial charge in [0.1, 0.15) is 12.4 Å². The molecule has 4 nitrogen and oxygen atoms in total. The van der Waals surface area contributed by atoms with Gasteiger partial charge in [-0.15, -0.1) is 0 Å². The number of carbonyl (C=O) groups excluding carboxylic acids is 1. The molecule has 0 unspecified atom stereocenters. The number of rotatable bonds is 5. The molecule has 2 aromatic carbocycles. The van der Waals surface area contributed by atoms with E-state index >= 15 is 0 Å². The molecular formula is C15H13Cl3N2O2. The van der Waals surface area contributed by atoms with E-state index in [4.69, 9.17) is 39.5 Å². The Bertz CT molecular complexity index is 648. The molecule has 0 saturated heterocycles. The summed E-state index contributed by atoms with van der Waals surface area (Å²) in [6.07, 6.45) is 0. The number of amides is 2. The van der Waals surface area contributed by atoms with Gasteiger partial charge in [-0.2, -0.15) is 0 Å². The highest BCUT2D eigenvalue weighted by Gasteiger charge is 2.06. The van der Waals surface area contributed by atoms with E-state index in [1.807, 2.05) is 0 Å². The Morgan fingerprint density at radius 1 is 1.00 bits per heavy atom. The van der Waals surface area contributed by atoms with E-state index in [9.17, 15) is 4.79 Å². The highest BCUT2D eigenvalue weighted by atomic mass is 35.5. The molecule has 0 aliphatic rings. The van der Waals surface area contributed by atoms with Crippen LogP contribution in [0.1, 0.15) is 0 Å². The van der Waals surface area contributed by atoms with Crippen molar-refractivity contribution in [2.45, 2.75) is 0 Å². The number of benzene rings is 2. The van der Waals surface area contributed by atoms with E-state index in [0.717, 1.165) is 0 Å². The molecule has 0 aliphatic carbocycles. The Kier molecular flexibility index (Phi) is 6.19. The normalized spacial score (nSPS) is 10.1. The van der Waals surface area contributed by atoms with Crippen molar-refractivity contribution >= 4 is 46.5 Å². The molecule has 2 aromatic rings. The maximum Gasteiger partial charge on any atom is 0.319 e. The van der Waals surface area contributed by atoms with E-state index in [2.05, 4.69) is 10.6 Å². The van der Waals surface area contributed by atoms with Crippen molar-refractivity contribution < 1.29 is 9.53 Å². The third kappa shape index (κ3) is 5.30. The molecule has 7 heteroatoms. The molecule has 0 heterocycles. The van der Waals surface area contributed by atoms with E-state index < -0.39 is 0 Å². The molecule has 2 N–H and O–H groups in total. The highest BCUT2D eigenvalue weighted by Crippen LogP contribution is 2.25. The fourth-order valence-corrected chi connectivity index (χ4v) is 2.09. The van der Waals surface area contributed by atoms with Crippen LogP contribution in [0, 0.1) is 0 Å². The minimum absolute atomic E-state index is 0.332. The van der Waals surface area contributed by atoms with Crippen LogP contribution >= 0.6 is 34.8 Å². The monoisotopic (exact) mass is 358 g/mol. The minimum atomic E-state index is -0.385. The minimum Gasteiger partial charge on any atom is -0.492 e. The fraction of sp³-hybridized carbons (Fsp3) is 0.133. The van der Waals surface area contributed by atoms with Crippen molar-refractivity contribution in [2.24, 2.45) is 0 Å². The van der Waals surface area contributed by atoms with Crippen LogP contribution < -0.4 is 15.4 Å². The van der Waals surface area contributed by atoms with E-state index in [1.54, 1.807) is 42.5 Å². The van der Waals surface area contributed by atoms with Gasteiger partial charge in [-0.1, -0.05) is 34.8 Å². The van der Waals surface area contributed by atoms with Crippen LogP contribution in [0.4, 0.5) is 10.5 Å². The van der Waals surface area contributed by atoms with Crippen LogP contribution in [0.3, 0.4) is 0 Å². The van der Waals surface area contributed by atoms with Crippen molar-refractivity contribution in [3.05, 3.63) is 57.5 Å². The Morgan fingerprint density at radius 2 is 1.68 bits per heavy atom. The maximum absolute atomic E-state index is 11.7. The molecular weight excluding hydrogens is 347 g/mol. The molecule has 0 saturated carbocycles. The third-order valence-corrected chi connectivity index (χ3v) is 3.46. The lowest BCUT2D eigenvalue weighted by Crippen LogP contribution is -2.32. The van der Waals surface area contributed by atoms with Crippen LogP contribution in [0.15, 0.2) is 42.5 Å². The predicted octanol–water partition coefficient (Wildman–Crippen LogP) is 4.85. The summed E-state index contributed by atoms with van der Waals surface area (Å²) in [6, 6.07) is 11.4. The van der Waals surface area contributed by atoms with Crippen molar-refractivity contribution in [3.63, 3.8) is 0 Å². The molecule has 0 aliphatic heterocycles. The topological polar surface area (TPSA) is 50.4 Å². The Morgan fingerprint density at radius 3 is 2.41 bits per heavy atom. The van der Waals surface area contributed by atoms with Gasteiger partial charge in [-0.25, -0.2) is 4.79 Å². The first-order valence-corrected chi connectivity index (χ1v) is 7.56. The van der Waals surface area contributed by atoms with Crippen LogP contribution in [-0.2, 0) is 0 Å². The van der Waals surface area contributed by atoms with E-state index in [1.165, 1.54) is 0 Å².